The summed E-state index contributed by atoms with van der Waals surface area (Å²) in [5, 5.41) is 8.83. The molecule has 1 aromatic carbocycles. The van der Waals surface area contributed by atoms with E-state index in [1.54, 1.807) is 13.1 Å². The smallest absolute Gasteiger partial charge is 0.312 e. The summed E-state index contributed by atoms with van der Waals surface area (Å²) in [5.41, 5.74) is -0.505. The van der Waals surface area contributed by atoms with Crippen molar-refractivity contribution in [1.82, 2.24) is 5.01 Å². The largest absolute Gasteiger partial charge is 0.416 e. The van der Waals surface area contributed by atoms with Gasteiger partial charge in [0.15, 0.2) is 0 Å². The number of nitrogens with one attached hydrogen (secondary N) is 1. The highest BCUT2D eigenvalue weighted by Crippen LogP contribution is 2.35. The molecular weight excluding hydrogens is 255 g/mol. The number of hydrazine groups is 1. The Hall–Kier alpha value is -1.40. The predicted octanol–water partition coefficient (Wildman–Crippen LogP) is 3.02. The molecule has 6 heteroatoms. The fourth-order valence-corrected chi connectivity index (χ4v) is 1.97. The highest BCUT2D eigenvalue weighted by molar-refractivity contribution is 5.65. The fraction of sp³-hybridized carbons (Fsp3) is 0.462. The fourth-order valence-electron chi connectivity index (χ4n) is 1.97. The lowest BCUT2D eigenvalue weighted by molar-refractivity contribution is -0.138. The van der Waals surface area contributed by atoms with Gasteiger partial charge in [-0.3, -0.25) is 10.9 Å². The number of nitrogens with two attached hydrogens (primary N) is 1. The van der Waals surface area contributed by atoms with E-state index in [1.807, 2.05) is 0 Å². The minimum atomic E-state index is -4.39. The van der Waals surface area contributed by atoms with Crippen molar-refractivity contribution >= 4 is 6.21 Å². The van der Waals surface area contributed by atoms with Crippen LogP contribution in [0.4, 0.5) is 13.2 Å². The molecule has 0 aliphatic heterocycles. The Bertz CT molecular complexity index is 416. The molecule has 0 aliphatic carbocycles. The van der Waals surface area contributed by atoms with Gasteiger partial charge in [-0.1, -0.05) is 18.2 Å². The molecule has 3 nitrogen and oxygen atoms in total. The van der Waals surface area contributed by atoms with E-state index in [2.05, 4.69) is 0 Å². The van der Waals surface area contributed by atoms with Crippen LogP contribution in [-0.2, 0) is 6.18 Å². The number of hydrogen-bond acceptors (Lipinski definition) is 3. The van der Waals surface area contributed by atoms with Crippen molar-refractivity contribution in [2.24, 2.45) is 5.84 Å². The van der Waals surface area contributed by atoms with Gasteiger partial charge < -0.3 is 5.41 Å². The number of benzene rings is 1. The van der Waals surface area contributed by atoms with Crippen LogP contribution < -0.4 is 5.84 Å². The average molecular weight is 273 g/mol. The standard InChI is InChI=1S/C13H18F3N3/c1-19(18)8-4-5-10(9-17)11-6-2-3-7-12(11)13(14,15)16/h2-3,6-7,9-10,17H,4-5,8,18H2,1H3. The van der Waals surface area contributed by atoms with Crippen molar-refractivity contribution in [3.05, 3.63) is 35.4 Å². The summed E-state index contributed by atoms with van der Waals surface area (Å²) in [5.74, 6) is 4.92. The Labute approximate surface area is 110 Å². The van der Waals surface area contributed by atoms with Crippen LogP contribution in [0.15, 0.2) is 24.3 Å². The Kier molecular flexibility index (Phi) is 5.50. The van der Waals surface area contributed by atoms with E-state index in [0.29, 0.717) is 19.4 Å². The lowest BCUT2D eigenvalue weighted by atomic mass is 9.91. The van der Waals surface area contributed by atoms with Gasteiger partial charge in [-0.2, -0.15) is 13.2 Å². The molecular formula is C13H18F3N3. The molecule has 0 spiro atoms. The first-order chi connectivity index (χ1) is 8.86. The molecule has 0 fully saturated rings. The van der Waals surface area contributed by atoms with Gasteiger partial charge in [0, 0.05) is 25.7 Å². The summed E-state index contributed by atoms with van der Waals surface area (Å²) >= 11 is 0. The molecule has 0 amide bonds. The Morgan fingerprint density at radius 2 is 2.00 bits per heavy atom. The van der Waals surface area contributed by atoms with E-state index in [4.69, 9.17) is 11.3 Å². The number of hydrogen-bond donors (Lipinski definition) is 2. The molecule has 3 N–H and O–H groups in total. The molecule has 19 heavy (non-hydrogen) atoms. The minimum Gasteiger partial charge on any atom is -0.312 e. The zero-order valence-corrected chi connectivity index (χ0v) is 10.7. The molecule has 0 radical (unpaired) electrons. The molecule has 1 aromatic rings. The maximum atomic E-state index is 12.9. The normalized spacial score (nSPS) is 13.6. The zero-order chi connectivity index (χ0) is 14.5. The Balaban J connectivity index is 2.89. The van der Waals surface area contributed by atoms with Crippen molar-refractivity contribution in [3.63, 3.8) is 0 Å². The summed E-state index contributed by atoms with van der Waals surface area (Å²) in [6.45, 7) is 0.582. The highest BCUT2D eigenvalue weighted by atomic mass is 19.4. The minimum absolute atomic E-state index is 0.157. The Morgan fingerprint density at radius 3 is 2.53 bits per heavy atom. The topological polar surface area (TPSA) is 53.1 Å². The summed E-state index contributed by atoms with van der Waals surface area (Å²) in [6, 6.07) is 5.42. The van der Waals surface area contributed by atoms with E-state index in [9.17, 15) is 13.2 Å². The third-order valence-electron chi connectivity index (χ3n) is 2.89. The molecule has 0 saturated carbocycles. The highest BCUT2D eigenvalue weighted by Gasteiger charge is 2.34. The van der Waals surface area contributed by atoms with Crippen LogP contribution in [0.3, 0.4) is 0 Å². The second-order valence-corrected chi connectivity index (χ2v) is 4.48. The average Bonchev–Trinajstić information content (AvgIpc) is 2.33. The van der Waals surface area contributed by atoms with Gasteiger partial charge in [0.1, 0.15) is 0 Å². The molecule has 0 saturated heterocycles. The van der Waals surface area contributed by atoms with Crippen LogP contribution in [0.5, 0.6) is 0 Å². The monoisotopic (exact) mass is 273 g/mol. The first kappa shape index (κ1) is 15.7. The van der Waals surface area contributed by atoms with Crippen LogP contribution >= 0.6 is 0 Å². The molecule has 0 heterocycles. The number of halogens is 3. The third kappa shape index (κ3) is 4.65. The van der Waals surface area contributed by atoms with Gasteiger partial charge in [-0.25, -0.2) is 0 Å². The van der Waals surface area contributed by atoms with E-state index >= 15 is 0 Å². The second-order valence-electron chi connectivity index (χ2n) is 4.48. The van der Waals surface area contributed by atoms with Crippen molar-refractivity contribution in [1.29, 1.82) is 5.41 Å². The lowest BCUT2D eigenvalue weighted by Gasteiger charge is -2.19. The lowest BCUT2D eigenvalue weighted by Crippen LogP contribution is -2.27. The van der Waals surface area contributed by atoms with Crippen LogP contribution in [-0.4, -0.2) is 24.8 Å². The maximum Gasteiger partial charge on any atom is 0.416 e. The Morgan fingerprint density at radius 1 is 1.37 bits per heavy atom. The molecule has 0 aliphatic rings. The number of alkyl halides is 3. The summed E-state index contributed by atoms with van der Waals surface area (Å²) in [7, 11) is 1.70. The second kappa shape index (κ2) is 6.68. The van der Waals surface area contributed by atoms with Crippen molar-refractivity contribution in [2.75, 3.05) is 13.6 Å². The van der Waals surface area contributed by atoms with Gasteiger partial charge in [0.2, 0.25) is 0 Å². The van der Waals surface area contributed by atoms with Crippen molar-refractivity contribution in [2.45, 2.75) is 24.9 Å². The molecule has 0 aromatic heterocycles. The molecule has 0 bridgehead atoms. The first-order valence-electron chi connectivity index (χ1n) is 5.98. The van der Waals surface area contributed by atoms with Crippen molar-refractivity contribution in [3.8, 4) is 0 Å². The maximum absolute atomic E-state index is 12.9. The first-order valence-corrected chi connectivity index (χ1v) is 5.98. The van der Waals surface area contributed by atoms with E-state index in [1.165, 1.54) is 17.1 Å². The van der Waals surface area contributed by atoms with Crippen LogP contribution in [0.1, 0.15) is 29.9 Å². The number of rotatable bonds is 6. The summed E-state index contributed by atoms with van der Waals surface area (Å²) in [4.78, 5) is 0. The summed E-state index contributed by atoms with van der Waals surface area (Å²) < 4.78 is 38.7. The molecule has 106 valence electrons. The van der Waals surface area contributed by atoms with Gasteiger partial charge in [0.05, 0.1) is 5.56 Å². The third-order valence-corrected chi connectivity index (χ3v) is 2.89. The van der Waals surface area contributed by atoms with E-state index in [0.717, 1.165) is 12.3 Å². The zero-order valence-electron chi connectivity index (χ0n) is 10.7. The van der Waals surface area contributed by atoms with Crippen LogP contribution in [0.25, 0.3) is 0 Å². The van der Waals surface area contributed by atoms with E-state index in [-0.39, 0.29) is 5.56 Å². The number of nitrogens with zero attached hydrogens (tertiary/aromatic N) is 1. The molecule has 1 rings (SSSR count). The predicted molar refractivity (Wildman–Crippen MR) is 69.0 cm³/mol. The van der Waals surface area contributed by atoms with Gasteiger partial charge in [-0.05, 0) is 24.5 Å². The van der Waals surface area contributed by atoms with Gasteiger partial charge in [0.25, 0.3) is 0 Å². The van der Waals surface area contributed by atoms with Crippen LogP contribution in [0, 0.1) is 5.41 Å². The molecule has 1 atom stereocenters. The van der Waals surface area contributed by atoms with Crippen LogP contribution in [0.2, 0.25) is 0 Å². The quantitative estimate of drug-likeness (QED) is 0.475. The molecule has 1 unspecified atom stereocenters. The van der Waals surface area contributed by atoms with Gasteiger partial charge in [-0.15, -0.1) is 0 Å². The van der Waals surface area contributed by atoms with Crippen molar-refractivity contribution < 1.29 is 13.2 Å². The SMILES string of the molecule is CN(N)CCCC(C=N)c1ccccc1C(F)(F)F. The summed E-state index contributed by atoms with van der Waals surface area (Å²) in [6.07, 6.45) is -2.21. The van der Waals surface area contributed by atoms with Gasteiger partial charge >= 0.3 is 6.18 Å². The van der Waals surface area contributed by atoms with E-state index < -0.39 is 17.7 Å².